The smallest absolute Gasteiger partial charge is 0.158 e. The Morgan fingerprint density at radius 1 is 1.88 bits per heavy atom. The van der Waals surface area contributed by atoms with E-state index in [2.05, 4.69) is 0 Å². The predicted octanol–water partition coefficient (Wildman–Crippen LogP) is 0.266. The summed E-state index contributed by atoms with van der Waals surface area (Å²) in [4.78, 5) is 10.4. The molecule has 8 heavy (non-hydrogen) atoms. The Morgan fingerprint density at radius 3 is 2.62 bits per heavy atom. The zero-order valence-electron chi connectivity index (χ0n) is 4.72. The van der Waals surface area contributed by atoms with Gasteiger partial charge in [0.25, 0.3) is 0 Å². The molecule has 2 nitrogen and oxygen atoms in total. The van der Waals surface area contributed by atoms with Crippen LogP contribution in [0.15, 0.2) is 12.2 Å². The molecule has 1 N–H and O–H groups in total. The van der Waals surface area contributed by atoms with Crippen LogP contribution in [0.1, 0.15) is 13.3 Å². The highest BCUT2D eigenvalue weighted by atomic mass is 16.3. The van der Waals surface area contributed by atoms with E-state index in [1.165, 1.54) is 12.2 Å². The second kappa shape index (κ2) is 1.42. The molecule has 0 radical (unpaired) electrons. The normalized spacial score (nSPS) is 36.5. The van der Waals surface area contributed by atoms with Gasteiger partial charge in [-0.3, -0.25) is 4.79 Å². The molecule has 0 aromatic carbocycles. The summed E-state index contributed by atoms with van der Waals surface area (Å²) in [6.07, 6.45) is 3.18. The molecule has 0 saturated heterocycles. The van der Waals surface area contributed by atoms with Crippen molar-refractivity contribution in [3.63, 3.8) is 0 Å². The van der Waals surface area contributed by atoms with Gasteiger partial charge in [0.05, 0.1) is 5.60 Å². The molecule has 1 rings (SSSR count). The highest BCUT2D eigenvalue weighted by Gasteiger charge is 2.24. The third-order valence-corrected chi connectivity index (χ3v) is 1.16. The van der Waals surface area contributed by atoms with Crippen molar-refractivity contribution < 1.29 is 9.90 Å². The SMILES string of the molecule is C[C@]1(O)C=CC(=O)C1. The van der Waals surface area contributed by atoms with Crippen molar-refractivity contribution >= 4 is 5.78 Å². The number of hydrogen-bond donors (Lipinski definition) is 1. The first-order valence-electron chi connectivity index (χ1n) is 2.55. The molecular weight excluding hydrogens is 104 g/mol. The number of allylic oxidation sites excluding steroid dienone is 1. The summed E-state index contributed by atoms with van der Waals surface area (Å²) in [7, 11) is 0. The first-order chi connectivity index (χ1) is 3.60. The van der Waals surface area contributed by atoms with Crippen LogP contribution in [0.4, 0.5) is 0 Å². The molecule has 0 saturated carbocycles. The van der Waals surface area contributed by atoms with Crippen molar-refractivity contribution in [3.05, 3.63) is 12.2 Å². The minimum Gasteiger partial charge on any atom is -0.386 e. The van der Waals surface area contributed by atoms with E-state index in [1.54, 1.807) is 6.92 Å². The van der Waals surface area contributed by atoms with E-state index in [-0.39, 0.29) is 12.2 Å². The maximum atomic E-state index is 10.4. The highest BCUT2D eigenvalue weighted by Crippen LogP contribution is 2.17. The Bertz CT molecular complexity index is 145. The molecule has 1 atom stereocenters. The summed E-state index contributed by atoms with van der Waals surface area (Å²) in [5.41, 5.74) is -0.864. The predicted molar refractivity (Wildman–Crippen MR) is 29.4 cm³/mol. The lowest BCUT2D eigenvalue weighted by Gasteiger charge is -2.09. The van der Waals surface area contributed by atoms with Crippen molar-refractivity contribution in [2.24, 2.45) is 0 Å². The van der Waals surface area contributed by atoms with E-state index in [9.17, 15) is 4.79 Å². The average Bonchev–Trinajstić information content (AvgIpc) is 1.82. The van der Waals surface area contributed by atoms with Gasteiger partial charge in [0.1, 0.15) is 0 Å². The third-order valence-electron chi connectivity index (χ3n) is 1.16. The number of hydrogen-bond acceptors (Lipinski definition) is 2. The number of carbonyl (C=O) groups excluding carboxylic acids is 1. The van der Waals surface area contributed by atoms with Crippen LogP contribution in [0.5, 0.6) is 0 Å². The molecule has 0 bridgehead atoms. The van der Waals surface area contributed by atoms with E-state index < -0.39 is 5.60 Å². The Hall–Kier alpha value is -0.630. The molecule has 0 aromatic rings. The summed E-state index contributed by atoms with van der Waals surface area (Å²) >= 11 is 0. The molecule has 0 heterocycles. The van der Waals surface area contributed by atoms with Crippen LogP contribution in [0.25, 0.3) is 0 Å². The standard InChI is InChI=1S/C6H8O2/c1-6(8)3-2-5(7)4-6/h2-3,8H,4H2,1H3/t6-/m0/s1. The molecule has 0 aliphatic heterocycles. The van der Waals surface area contributed by atoms with Gasteiger partial charge in [0.15, 0.2) is 5.78 Å². The number of rotatable bonds is 0. The second-order valence-corrected chi connectivity index (χ2v) is 2.33. The summed E-state index contributed by atoms with van der Waals surface area (Å²) in [5, 5.41) is 9.06. The molecule has 1 aliphatic carbocycles. The molecular formula is C6H8O2. The largest absolute Gasteiger partial charge is 0.386 e. The number of aliphatic hydroxyl groups is 1. The van der Waals surface area contributed by atoms with Gasteiger partial charge < -0.3 is 5.11 Å². The molecule has 2 heteroatoms. The van der Waals surface area contributed by atoms with Crippen LogP contribution in [0.2, 0.25) is 0 Å². The highest BCUT2D eigenvalue weighted by molar-refractivity contribution is 5.93. The Balaban J connectivity index is 2.72. The molecule has 0 aromatic heterocycles. The fourth-order valence-corrected chi connectivity index (χ4v) is 0.743. The van der Waals surface area contributed by atoms with Crippen LogP contribution in [-0.2, 0) is 4.79 Å². The molecule has 0 fully saturated rings. The molecule has 0 unspecified atom stereocenters. The van der Waals surface area contributed by atoms with Gasteiger partial charge in [-0.05, 0) is 19.1 Å². The van der Waals surface area contributed by atoms with Gasteiger partial charge in [-0.15, -0.1) is 0 Å². The van der Waals surface area contributed by atoms with Gasteiger partial charge in [-0.1, -0.05) is 0 Å². The lowest BCUT2D eigenvalue weighted by atomic mass is 10.1. The van der Waals surface area contributed by atoms with Crippen molar-refractivity contribution in [1.29, 1.82) is 0 Å². The first-order valence-corrected chi connectivity index (χ1v) is 2.55. The zero-order chi connectivity index (χ0) is 6.20. The zero-order valence-corrected chi connectivity index (χ0v) is 4.72. The van der Waals surface area contributed by atoms with Crippen molar-refractivity contribution in [1.82, 2.24) is 0 Å². The average molecular weight is 112 g/mol. The second-order valence-electron chi connectivity index (χ2n) is 2.33. The van der Waals surface area contributed by atoms with E-state index in [1.807, 2.05) is 0 Å². The van der Waals surface area contributed by atoms with E-state index >= 15 is 0 Å². The Kier molecular flexibility index (Phi) is 0.978. The fourth-order valence-electron chi connectivity index (χ4n) is 0.743. The molecule has 0 amide bonds. The maximum Gasteiger partial charge on any atom is 0.158 e. The lowest BCUT2D eigenvalue weighted by molar-refractivity contribution is -0.116. The van der Waals surface area contributed by atoms with E-state index in [4.69, 9.17) is 5.11 Å². The summed E-state index contributed by atoms with van der Waals surface area (Å²) in [5.74, 6) is 0.00926. The quantitative estimate of drug-likeness (QED) is 0.488. The molecule has 1 aliphatic rings. The van der Waals surface area contributed by atoms with Crippen LogP contribution < -0.4 is 0 Å². The van der Waals surface area contributed by atoms with Crippen LogP contribution in [-0.4, -0.2) is 16.5 Å². The number of carbonyl (C=O) groups is 1. The maximum absolute atomic E-state index is 10.4. The fraction of sp³-hybridized carbons (Fsp3) is 0.500. The van der Waals surface area contributed by atoms with Gasteiger partial charge in [-0.25, -0.2) is 0 Å². The van der Waals surface area contributed by atoms with Crippen molar-refractivity contribution in [2.45, 2.75) is 18.9 Å². The summed E-state index contributed by atoms with van der Waals surface area (Å²) in [6.45, 7) is 1.62. The summed E-state index contributed by atoms with van der Waals surface area (Å²) in [6, 6.07) is 0. The Labute approximate surface area is 47.8 Å². The van der Waals surface area contributed by atoms with Crippen LogP contribution >= 0.6 is 0 Å². The lowest BCUT2D eigenvalue weighted by Crippen LogP contribution is -2.18. The molecule has 0 spiro atoms. The topological polar surface area (TPSA) is 37.3 Å². The third kappa shape index (κ3) is 0.954. The van der Waals surface area contributed by atoms with Gasteiger partial charge in [0, 0.05) is 6.42 Å². The Morgan fingerprint density at radius 2 is 2.50 bits per heavy atom. The summed E-state index contributed by atoms with van der Waals surface area (Å²) < 4.78 is 0. The molecule has 44 valence electrons. The van der Waals surface area contributed by atoms with E-state index in [0.717, 1.165) is 0 Å². The van der Waals surface area contributed by atoms with Crippen molar-refractivity contribution in [3.8, 4) is 0 Å². The monoisotopic (exact) mass is 112 g/mol. The van der Waals surface area contributed by atoms with Crippen molar-refractivity contribution in [2.75, 3.05) is 0 Å². The minimum atomic E-state index is -0.864. The van der Waals surface area contributed by atoms with E-state index in [0.29, 0.717) is 0 Å². The van der Waals surface area contributed by atoms with Gasteiger partial charge in [-0.2, -0.15) is 0 Å². The van der Waals surface area contributed by atoms with Crippen LogP contribution in [0.3, 0.4) is 0 Å². The van der Waals surface area contributed by atoms with Gasteiger partial charge >= 0.3 is 0 Å². The minimum absolute atomic E-state index is 0.00926. The van der Waals surface area contributed by atoms with Gasteiger partial charge in [0.2, 0.25) is 0 Å². The first kappa shape index (κ1) is 5.51. The number of ketones is 1. The van der Waals surface area contributed by atoms with Crippen LogP contribution in [0, 0.1) is 0 Å².